The highest BCUT2D eigenvalue weighted by molar-refractivity contribution is 6.04. The molecule has 4 heteroatoms. The molecule has 2 rings (SSSR count). The zero-order chi connectivity index (χ0) is 14.7. The normalized spacial score (nSPS) is 19.4. The van der Waals surface area contributed by atoms with Crippen LogP contribution in [0.5, 0.6) is 0 Å². The molecule has 1 heterocycles. The summed E-state index contributed by atoms with van der Waals surface area (Å²) in [6.45, 7) is 5.44. The number of carbonyl (C=O) groups excluding carboxylic acids is 1. The maximum absolute atomic E-state index is 11.1. The molecule has 0 spiro atoms. The molecule has 1 atom stereocenters. The lowest BCUT2D eigenvalue weighted by Gasteiger charge is -2.22. The summed E-state index contributed by atoms with van der Waals surface area (Å²) in [6.07, 6.45) is 1.34. The van der Waals surface area contributed by atoms with Gasteiger partial charge in [-0.05, 0) is 32.9 Å². The van der Waals surface area contributed by atoms with Crippen molar-refractivity contribution in [3.8, 4) is 0 Å². The average molecular weight is 271 g/mol. The van der Waals surface area contributed by atoms with Crippen LogP contribution in [0.1, 0.15) is 19.4 Å². The second-order valence-corrected chi connectivity index (χ2v) is 4.76. The Labute approximate surface area is 118 Å². The Bertz CT molecular complexity index is 609. The van der Waals surface area contributed by atoms with Crippen molar-refractivity contribution in [1.29, 1.82) is 0 Å². The van der Waals surface area contributed by atoms with Gasteiger partial charge in [0.15, 0.2) is 12.4 Å². The van der Waals surface area contributed by atoms with Gasteiger partial charge in [-0.2, -0.15) is 0 Å². The van der Waals surface area contributed by atoms with Gasteiger partial charge >= 0.3 is 0 Å². The van der Waals surface area contributed by atoms with Crippen molar-refractivity contribution in [2.75, 3.05) is 0 Å². The first-order chi connectivity index (χ1) is 9.51. The molecule has 0 bridgehead atoms. The predicted octanol–water partition coefficient (Wildman–Crippen LogP) is 3.40. The third-order valence-corrected chi connectivity index (χ3v) is 3.06. The van der Waals surface area contributed by atoms with Crippen LogP contribution in [-0.4, -0.2) is 23.2 Å². The summed E-state index contributed by atoms with van der Waals surface area (Å²) in [5, 5.41) is 10.0. The van der Waals surface area contributed by atoms with Gasteiger partial charge in [0, 0.05) is 11.8 Å². The molecule has 0 radical (unpaired) electrons. The van der Waals surface area contributed by atoms with Crippen LogP contribution in [0.15, 0.2) is 52.4 Å². The molecule has 1 aromatic carbocycles. The van der Waals surface area contributed by atoms with Gasteiger partial charge in [-0.15, -0.1) is 0 Å². The van der Waals surface area contributed by atoms with Gasteiger partial charge in [0.1, 0.15) is 5.76 Å². The number of nitrogens with zero attached hydrogens (tertiary/aromatic N) is 1. The van der Waals surface area contributed by atoms with E-state index in [1.807, 2.05) is 31.2 Å². The maximum atomic E-state index is 11.1. The first-order valence-electron chi connectivity index (χ1n) is 6.37. The number of aldehydes is 1. The highest BCUT2D eigenvalue weighted by Gasteiger charge is 2.25. The summed E-state index contributed by atoms with van der Waals surface area (Å²) < 4.78 is 5.39. The van der Waals surface area contributed by atoms with Crippen LogP contribution >= 0.6 is 0 Å². The van der Waals surface area contributed by atoms with Gasteiger partial charge in [-0.1, -0.05) is 17.7 Å². The molecule has 104 valence electrons. The number of ether oxygens (including phenoxy) is 1. The molecule has 1 aromatic rings. The molecule has 0 amide bonds. The van der Waals surface area contributed by atoms with E-state index in [2.05, 4.69) is 4.99 Å². The number of aliphatic imine (C=N–C) groups is 1. The molecule has 1 aliphatic heterocycles. The Morgan fingerprint density at radius 2 is 1.95 bits per heavy atom. The Balaban J connectivity index is 2.39. The second-order valence-electron chi connectivity index (χ2n) is 4.76. The Morgan fingerprint density at radius 1 is 1.30 bits per heavy atom. The molecule has 0 fully saturated rings. The minimum Gasteiger partial charge on any atom is -0.507 e. The molecule has 1 aliphatic rings. The third-order valence-electron chi connectivity index (χ3n) is 3.06. The topological polar surface area (TPSA) is 58.9 Å². The standard InChI is InChI=1S/C16H17NO3/c1-10-4-6-13(7-5-10)17-12(3)16-14(19)8-11(2)20-15(16)9-18/h4-9,15,19H,1-3H3. The van der Waals surface area contributed by atoms with Crippen LogP contribution in [0.2, 0.25) is 0 Å². The molecular weight excluding hydrogens is 254 g/mol. The quantitative estimate of drug-likeness (QED) is 0.677. The number of rotatable bonds is 3. The Hall–Kier alpha value is -2.36. The zero-order valence-electron chi connectivity index (χ0n) is 11.8. The van der Waals surface area contributed by atoms with Crippen LogP contribution < -0.4 is 0 Å². The first-order valence-corrected chi connectivity index (χ1v) is 6.37. The minimum absolute atomic E-state index is 0.0270. The van der Waals surface area contributed by atoms with Crippen LogP contribution in [0.25, 0.3) is 0 Å². The van der Waals surface area contributed by atoms with Crippen LogP contribution in [-0.2, 0) is 9.53 Å². The predicted molar refractivity (Wildman–Crippen MR) is 78.3 cm³/mol. The number of hydrogen-bond donors (Lipinski definition) is 1. The van der Waals surface area contributed by atoms with E-state index in [4.69, 9.17) is 4.74 Å². The van der Waals surface area contributed by atoms with E-state index >= 15 is 0 Å². The molecule has 20 heavy (non-hydrogen) atoms. The number of aliphatic hydroxyl groups is 1. The summed E-state index contributed by atoms with van der Waals surface area (Å²) in [4.78, 5) is 15.5. The molecular formula is C16H17NO3. The second kappa shape index (κ2) is 5.74. The Morgan fingerprint density at radius 3 is 2.55 bits per heavy atom. The summed E-state index contributed by atoms with van der Waals surface area (Å²) >= 11 is 0. The summed E-state index contributed by atoms with van der Waals surface area (Å²) in [5.41, 5.74) is 2.89. The number of carbonyl (C=O) groups is 1. The Kier molecular flexibility index (Phi) is 4.03. The minimum atomic E-state index is -0.811. The fourth-order valence-electron chi connectivity index (χ4n) is 2.07. The molecule has 4 nitrogen and oxygen atoms in total. The lowest BCUT2D eigenvalue weighted by atomic mass is 10.0. The van der Waals surface area contributed by atoms with Gasteiger partial charge in [0.05, 0.1) is 17.0 Å². The van der Waals surface area contributed by atoms with Crippen molar-refractivity contribution in [3.05, 3.63) is 53.0 Å². The fourth-order valence-corrected chi connectivity index (χ4v) is 2.07. The van der Waals surface area contributed by atoms with Gasteiger partial charge in [-0.3, -0.25) is 9.79 Å². The van der Waals surface area contributed by atoms with Crippen LogP contribution in [0.3, 0.4) is 0 Å². The lowest BCUT2D eigenvalue weighted by molar-refractivity contribution is -0.114. The highest BCUT2D eigenvalue weighted by Crippen LogP contribution is 2.24. The van der Waals surface area contributed by atoms with Crippen molar-refractivity contribution < 1.29 is 14.6 Å². The molecule has 0 saturated carbocycles. The van der Waals surface area contributed by atoms with E-state index in [0.29, 0.717) is 23.3 Å². The fraction of sp³-hybridized carbons (Fsp3) is 0.250. The van der Waals surface area contributed by atoms with E-state index in [1.165, 1.54) is 6.08 Å². The number of hydrogen-bond acceptors (Lipinski definition) is 4. The summed E-state index contributed by atoms with van der Waals surface area (Å²) in [7, 11) is 0. The molecule has 1 unspecified atom stereocenters. The zero-order valence-corrected chi connectivity index (χ0v) is 11.8. The van der Waals surface area contributed by atoms with Crippen molar-refractivity contribution in [3.63, 3.8) is 0 Å². The van der Waals surface area contributed by atoms with Crippen molar-refractivity contribution in [1.82, 2.24) is 0 Å². The van der Waals surface area contributed by atoms with Crippen molar-refractivity contribution in [2.45, 2.75) is 26.9 Å². The smallest absolute Gasteiger partial charge is 0.183 e. The SMILES string of the molecule is CC1=CC(O)=C(C(C)=Nc2ccc(C)cc2)C(C=O)O1. The monoisotopic (exact) mass is 271 g/mol. The van der Waals surface area contributed by atoms with Gasteiger partial charge < -0.3 is 9.84 Å². The first kappa shape index (κ1) is 14.1. The van der Waals surface area contributed by atoms with E-state index < -0.39 is 6.10 Å². The number of aryl methyl sites for hydroxylation is 1. The number of benzene rings is 1. The van der Waals surface area contributed by atoms with Crippen molar-refractivity contribution in [2.24, 2.45) is 4.99 Å². The van der Waals surface area contributed by atoms with Crippen LogP contribution in [0, 0.1) is 6.92 Å². The number of aliphatic hydroxyl groups excluding tert-OH is 1. The van der Waals surface area contributed by atoms with Gasteiger partial charge in [0.2, 0.25) is 0 Å². The lowest BCUT2D eigenvalue weighted by Crippen LogP contribution is -2.25. The highest BCUT2D eigenvalue weighted by atomic mass is 16.5. The summed E-state index contributed by atoms with van der Waals surface area (Å²) in [6, 6.07) is 7.69. The molecule has 0 saturated heterocycles. The molecule has 0 aromatic heterocycles. The third kappa shape index (κ3) is 2.96. The van der Waals surface area contributed by atoms with Crippen molar-refractivity contribution >= 4 is 17.7 Å². The van der Waals surface area contributed by atoms with E-state index in [0.717, 1.165) is 11.3 Å². The van der Waals surface area contributed by atoms with Gasteiger partial charge in [-0.25, -0.2) is 0 Å². The molecule has 0 aliphatic carbocycles. The van der Waals surface area contributed by atoms with E-state index in [9.17, 15) is 9.90 Å². The summed E-state index contributed by atoms with van der Waals surface area (Å²) in [5.74, 6) is 0.533. The maximum Gasteiger partial charge on any atom is 0.183 e. The molecule has 1 N–H and O–H groups in total. The number of allylic oxidation sites excluding steroid dienone is 2. The van der Waals surface area contributed by atoms with Gasteiger partial charge in [0.25, 0.3) is 0 Å². The van der Waals surface area contributed by atoms with Crippen LogP contribution in [0.4, 0.5) is 5.69 Å². The largest absolute Gasteiger partial charge is 0.507 e. The van der Waals surface area contributed by atoms with E-state index in [1.54, 1.807) is 13.8 Å². The van der Waals surface area contributed by atoms with E-state index in [-0.39, 0.29) is 5.76 Å². The average Bonchev–Trinajstić information content (AvgIpc) is 2.40.